The molecule has 5 rings (SSSR count). The largest absolute Gasteiger partial charge is 0.223 e. The third kappa shape index (κ3) is 4.22. The zero-order valence-electron chi connectivity index (χ0n) is 19.3. The van der Waals surface area contributed by atoms with Gasteiger partial charge in [0.05, 0.1) is 10.7 Å². The van der Waals surface area contributed by atoms with Crippen LogP contribution in [0.3, 0.4) is 0 Å². The first-order chi connectivity index (χ1) is 15.9. The Morgan fingerprint density at radius 2 is 1.55 bits per heavy atom. The van der Waals surface area contributed by atoms with Gasteiger partial charge in [-0.25, -0.2) is 8.42 Å². The molecule has 0 aliphatic heterocycles. The summed E-state index contributed by atoms with van der Waals surface area (Å²) in [5.41, 5.74) is 9.76. The summed E-state index contributed by atoms with van der Waals surface area (Å²) in [6, 6.07) is 21.1. The average Bonchev–Trinajstić information content (AvgIpc) is 2.83. The molecule has 2 aliphatic carbocycles. The zero-order valence-corrected chi connectivity index (χ0v) is 20.2. The Kier molecular flexibility index (Phi) is 5.84. The van der Waals surface area contributed by atoms with Crippen molar-refractivity contribution in [3.05, 3.63) is 106 Å². The van der Waals surface area contributed by atoms with E-state index >= 15 is 0 Å². The van der Waals surface area contributed by atoms with Gasteiger partial charge in [-0.15, -0.1) is 0 Å². The van der Waals surface area contributed by atoms with Crippen molar-refractivity contribution in [1.82, 2.24) is 0 Å². The van der Waals surface area contributed by atoms with Crippen LogP contribution in [0.4, 0.5) is 0 Å². The van der Waals surface area contributed by atoms with Crippen LogP contribution in [0.5, 0.6) is 0 Å². The van der Waals surface area contributed by atoms with E-state index in [-0.39, 0.29) is 5.75 Å². The van der Waals surface area contributed by atoms with E-state index in [0.717, 1.165) is 36.8 Å². The lowest BCUT2D eigenvalue weighted by Gasteiger charge is -2.27. The Morgan fingerprint density at radius 3 is 2.33 bits per heavy atom. The van der Waals surface area contributed by atoms with E-state index in [1.807, 2.05) is 18.2 Å². The first kappa shape index (κ1) is 21.9. The third-order valence-electron chi connectivity index (χ3n) is 6.94. The summed E-state index contributed by atoms with van der Waals surface area (Å²) in [5, 5.41) is 0. The van der Waals surface area contributed by atoms with Crippen molar-refractivity contribution >= 4 is 20.8 Å². The van der Waals surface area contributed by atoms with E-state index in [9.17, 15) is 8.42 Å². The van der Waals surface area contributed by atoms with Gasteiger partial charge in [0.1, 0.15) is 0 Å². The quantitative estimate of drug-likeness (QED) is 0.416. The first-order valence-electron chi connectivity index (χ1n) is 11.9. The monoisotopic (exact) mass is 454 g/mol. The Hall–Kier alpha value is -2.91. The van der Waals surface area contributed by atoms with Gasteiger partial charge in [0.15, 0.2) is 9.84 Å². The molecule has 0 aromatic heterocycles. The zero-order chi connectivity index (χ0) is 23.0. The van der Waals surface area contributed by atoms with Crippen molar-refractivity contribution in [3.63, 3.8) is 0 Å². The van der Waals surface area contributed by atoms with Gasteiger partial charge in [-0.3, -0.25) is 0 Å². The number of hydrogen-bond donors (Lipinski definition) is 0. The summed E-state index contributed by atoms with van der Waals surface area (Å²) in [4.78, 5) is 0.505. The molecular formula is C30H30O2S. The molecule has 0 unspecified atom stereocenters. The van der Waals surface area contributed by atoms with E-state index in [0.29, 0.717) is 10.8 Å². The highest BCUT2D eigenvalue weighted by molar-refractivity contribution is 8.00. The summed E-state index contributed by atoms with van der Waals surface area (Å²) in [5.74, 6) is 0.505. The van der Waals surface area contributed by atoms with Gasteiger partial charge >= 0.3 is 0 Å². The fraction of sp³-hybridized carbons (Fsp3) is 0.267. The average molecular weight is 455 g/mol. The molecule has 0 N–H and O–H groups in total. The van der Waals surface area contributed by atoms with Gasteiger partial charge in [0.2, 0.25) is 0 Å². The predicted octanol–water partition coefficient (Wildman–Crippen LogP) is 6.99. The van der Waals surface area contributed by atoms with Crippen LogP contribution in [0.1, 0.15) is 59.6 Å². The molecule has 3 aromatic carbocycles. The summed E-state index contributed by atoms with van der Waals surface area (Å²) >= 11 is 0. The SMILES string of the molecule is CC(C)c1ccc(C=CCS(=O)(=O)C2=CCCc3c2ccc2c3CCc3ccccc3-2)cc1. The fourth-order valence-corrected chi connectivity index (χ4v) is 6.58. The van der Waals surface area contributed by atoms with E-state index in [4.69, 9.17) is 0 Å². The fourth-order valence-electron chi connectivity index (χ4n) is 5.15. The number of aryl methyl sites for hydroxylation is 1. The molecule has 3 heteroatoms. The van der Waals surface area contributed by atoms with Crippen molar-refractivity contribution in [2.24, 2.45) is 0 Å². The van der Waals surface area contributed by atoms with Crippen LogP contribution < -0.4 is 0 Å². The summed E-state index contributed by atoms with van der Waals surface area (Å²) in [6.07, 6.45) is 9.31. The van der Waals surface area contributed by atoms with Crippen molar-refractivity contribution in [2.75, 3.05) is 5.75 Å². The number of rotatable bonds is 5. The molecule has 0 spiro atoms. The summed E-state index contributed by atoms with van der Waals surface area (Å²) in [7, 11) is -3.40. The molecule has 2 aliphatic rings. The molecule has 0 radical (unpaired) electrons. The van der Waals surface area contributed by atoms with E-state index < -0.39 is 9.84 Å². The standard InChI is InChI=1S/C30H30O2S/c1-21(2)23-14-12-22(13-15-23)7-6-20-33(31,32)30-11-5-10-26-28-17-16-24-8-3-4-9-25(24)27(28)18-19-29(26)30/h3-4,6-9,11-15,18-19,21H,5,10,16-17,20H2,1-2H3. The normalized spacial score (nSPS) is 15.2. The Labute approximate surface area is 197 Å². The molecule has 0 amide bonds. The molecular weight excluding hydrogens is 424 g/mol. The maximum Gasteiger partial charge on any atom is 0.182 e. The third-order valence-corrected chi connectivity index (χ3v) is 8.62. The molecule has 168 valence electrons. The number of hydrogen-bond acceptors (Lipinski definition) is 2. The Morgan fingerprint density at radius 1 is 0.818 bits per heavy atom. The van der Waals surface area contributed by atoms with Gasteiger partial charge < -0.3 is 0 Å². The minimum Gasteiger partial charge on any atom is -0.223 e. The summed E-state index contributed by atoms with van der Waals surface area (Å²) < 4.78 is 26.7. The molecule has 0 saturated heterocycles. The molecule has 0 fully saturated rings. The van der Waals surface area contributed by atoms with Gasteiger partial charge in [-0.1, -0.05) is 92.7 Å². The van der Waals surface area contributed by atoms with Crippen LogP contribution in [-0.4, -0.2) is 14.2 Å². The molecule has 3 aromatic rings. The van der Waals surface area contributed by atoms with E-state index in [1.54, 1.807) is 6.08 Å². The molecule has 2 nitrogen and oxygen atoms in total. The molecule has 0 bridgehead atoms. The van der Waals surface area contributed by atoms with Crippen molar-refractivity contribution < 1.29 is 8.42 Å². The van der Waals surface area contributed by atoms with Crippen LogP contribution in [-0.2, 0) is 29.1 Å². The molecule has 0 heterocycles. The van der Waals surface area contributed by atoms with E-state index in [2.05, 4.69) is 68.4 Å². The lowest BCUT2D eigenvalue weighted by Crippen LogP contribution is -2.15. The smallest absolute Gasteiger partial charge is 0.182 e. The predicted molar refractivity (Wildman–Crippen MR) is 139 cm³/mol. The molecule has 33 heavy (non-hydrogen) atoms. The second-order valence-electron chi connectivity index (χ2n) is 9.39. The lowest BCUT2D eigenvalue weighted by atomic mass is 9.79. The molecule has 0 atom stereocenters. The summed E-state index contributed by atoms with van der Waals surface area (Å²) in [6.45, 7) is 4.34. The van der Waals surface area contributed by atoms with Crippen LogP contribution in [0.25, 0.3) is 22.1 Å². The highest BCUT2D eigenvalue weighted by Gasteiger charge is 2.27. The maximum atomic E-state index is 13.3. The topological polar surface area (TPSA) is 34.1 Å². The van der Waals surface area contributed by atoms with Crippen molar-refractivity contribution in [2.45, 2.75) is 45.4 Å². The number of fused-ring (bicyclic) bond motifs is 5. The Bertz CT molecular complexity index is 1360. The van der Waals surface area contributed by atoms with Gasteiger partial charge in [-0.2, -0.15) is 0 Å². The van der Waals surface area contributed by atoms with Gasteiger partial charge in [0, 0.05) is 0 Å². The number of sulfone groups is 1. The minimum absolute atomic E-state index is 0.0180. The number of benzene rings is 3. The Balaban J connectivity index is 1.41. The minimum atomic E-state index is -3.40. The van der Waals surface area contributed by atoms with Gasteiger partial charge in [0.25, 0.3) is 0 Å². The van der Waals surface area contributed by atoms with Crippen LogP contribution in [0, 0.1) is 0 Å². The number of allylic oxidation sites excluding steroid dienone is 1. The van der Waals surface area contributed by atoms with Crippen molar-refractivity contribution in [1.29, 1.82) is 0 Å². The second-order valence-corrected chi connectivity index (χ2v) is 11.4. The highest BCUT2D eigenvalue weighted by atomic mass is 32.2. The van der Waals surface area contributed by atoms with Crippen LogP contribution in [0.2, 0.25) is 0 Å². The second kappa shape index (κ2) is 8.79. The van der Waals surface area contributed by atoms with Crippen molar-refractivity contribution in [3.8, 4) is 11.1 Å². The highest BCUT2D eigenvalue weighted by Crippen LogP contribution is 2.41. The lowest BCUT2D eigenvalue weighted by molar-refractivity contribution is 0.608. The van der Waals surface area contributed by atoms with Gasteiger partial charge in [-0.05, 0) is 76.1 Å². The molecule has 0 saturated carbocycles. The van der Waals surface area contributed by atoms with Crippen LogP contribution in [0.15, 0.2) is 72.8 Å². The van der Waals surface area contributed by atoms with E-state index in [1.165, 1.54) is 33.4 Å². The first-order valence-corrected chi connectivity index (χ1v) is 13.5. The van der Waals surface area contributed by atoms with Crippen LogP contribution >= 0.6 is 0 Å². The maximum absolute atomic E-state index is 13.3.